The number of hydrogen-bond donors (Lipinski definition) is 3. The first kappa shape index (κ1) is 18.0. The minimum Gasteiger partial charge on any atom is -0.383 e. The Bertz CT molecular complexity index is 449. The number of guanidine groups is 1. The highest BCUT2D eigenvalue weighted by molar-refractivity contribution is 5.84. The lowest BCUT2D eigenvalue weighted by molar-refractivity contribution is -0.119. The molecule has 0 fully saturated rings. The van der Waals surface area contributed by atoms with Crippen molar-refractivity contribution in [2.45, 2.75) is 13.3 Å². The van der Waals surface area contributed by atoms with E-state index in [0.717, 1.165) is 13.0 Å². The molecule has 0 bridgehead atoms. The number of carbonyl (C=O) groups is 1. The van der Waals surface area contributed by atoms with E-state index in [4.69, 9.17) is 4.74 Å². The summed E-state index contributed by atoms with van der Waals surface area (Å²) in [7, 11) is 1.64. The van der Waals surface area contributed by atoms with Gasteiger partial charge in [-0.2, -0.15) is 0 Å². The molecule has 0 atom stereocenters. The van der Waals surface area contributed by atoms with E-state index < -0.39 is 0 Å². The van der Waals surface area contributed by atoms with Gasteiger partial charge in [-0.3, -0.25) is 4.79 Å². The Morgan fingerprint density at radius 1 is 1.14 bits per heavy atom. The fourth-order valence-corrected chi connectivity index (χ4v) is 1.81. The van der Waals surface area contributed by atoms with Crippen molar-refractivity contribution in [1.29, 1.82) is 0 Å². The molecular weight excluding hydrogens is 280 g/mol. The zero-order valence-corrected chi connectivity index (χ0v) is 13.4. The molecule has 6 nitrogen and oxygen atoms in total. The van der Waals surface area contributed by atoms with Gasteiger partial charge >= 0.3 is 0 Å². The number of nitrogens with one attached hydrogen (secondary N) is 3. The van der Waals surface area contributed by atoms with E-state index in [2.05, 4.69) is 20.9 Å². The Labute approximate surface area is 132 Å². The number of ether oxygens (including phenoxy) is 1. The van der Waals surface area contributed by atoms with Crippen LogP contribution in [-0.4, -0.2) is 51.8 Å². The van der Waals surface area contributed by atoms with Crippen LogP contribution >= 0.6 is 0 Å². The van der Waals surface area contributed by atoms with Crippen molar-refractivity contribution in [3.63, 3.8) is 0 Å². The van der Waals surface area contributed by atoms with Crippen LogP contribution in [-0.2, 0) is 16.0 Å². The van der Waals surface area contributed by atoms with Gasteiger partial charge in [0.1, 0.15) is 6.54 Å². The van der Waals surface area contributed by atoms with Gasteiger partial charge in [0.2, 0.25) is 5.91 Å². The maximum Gasteiger partial charge on any atom is 0.241 e. The number of benzene rings is 1. The third-order valence-corrected chi connectivity index (χ3v) is 2.90. The maximum absolute atomic E-state index is 11.8. The topological polar surface area (TPSA) is 74.8 Å². The fraction of sp³-hybridized carbons (Fsp3) is 0.500. The first-order valence-electron chi connectivity index (χ1n) is 7.58. The fourth-order valence-electron chi connectivity index (χ4n) is 1.81. The Hall–Kier alpha value is -2.08. The van der Waals surface area contributed by atoms with Crippen LogP contribution in [0.15, 0.2) is 35.3 Å². The van der Waals surface area contributed by atoms with Crippen LogP contribution in [0, 0.1) is 0 Å². The molecule has 0 aliphatic heterocycles. The second kappa shape index (κ2) is 11.6. The Kier molecular flexibility index (Phi) is 9.45. The molecule has 6 heteroatoms. The predicted octanol–water partition coefficient (Wildman–Crippen LogP) is 0.547. The van der Waals surface area contributed by atoms with E-state index >= 15 is 0 Å². The molecule has 0 aromatic heterocycles. The predicted molar refractivity (Wildman–Crippen MR) is 89.0 cm³/mol. The average molecular weight is 306 g/mol. The summed E-state index contributed by atoms with van der Waals surface area (Å²) in [6.07, 6.45) is 0.822. The summed E-state index contributed by atoms with van der Waals surface area (Å²) < 4.78 is 4.97. The van der Waals surface area contributed by atoms with Crippen LogP contribution in [0.5, 0.6) is 0 Å². The lowest BCUT2D eigenvalue weighted by atomic mass is 10.1. The Balaban J connectivity index is 2.27. The number of rotatable bonds is 9. The van der Waals surface area contributed by atoms with Crippen molar-refractivity contribution >= 4 is 11.9 Å². The van der Waals surface area contributed by atoms with Gasteiger partial charge in [0, 0.05) is 26.7 Å². The normalized spacial score (nSPS) is 11.1. The van der Waals surface area contributed by atoms with Gasteiger partial charge in [-0.15, -0.1) is 0 Å². The molecule has 1 aromatic rings. The average Bonchev–Trinajstić information content (AvgIpc) is 2.54. The largest absolute Gasteiger partial charge is 0.383 e. The number of carbonyl (C=O) groups excluding carboxylic acids is 1. The number of amides is 1. The van der Waals surface area contributed by atoms with Crippen molar-refractivity contribution in [1.82, 2.24) is 16.0 Å². The molecule has 22 heavy (non-hydrogen) atoms. The smallest absolute Gasteiger partial charge is 0.241 e. The minimum atomic E-state index is -0.0834. The molecule has 122 valence electrons. The molecule has 0 spiro atoms. The highest BCUT2D eigenvalue weighted by Crippen LogP contribution is 1.97. The molecule has 0 aliphatic rings. The van der Waals surface area contributed by atoms with Crippen LogP contribution < -0.4 is 16.0 Å². The SMILES string of the molecule is CCNC(=NCC(=O)NCCc1ccccc1)NCCOC. The summed E-state index contributed by atoms with van der Waals surface area (Å²) in [6.45, 7) is 4.69. The van der Waals surface area contributed by atoms with Crippen molar-refractivity contribution < 1.29 is 9.53 Å². The molecule has 1 aromatic carbocycles. The summed E-state index contributed by atoms with van der Waals surface area (Å²) in [6, 6.07) is 10.1. The van der Waals surface area contributed by atoms with Crippen LogP contribution in [0.4, 0.5) is 0 Å². The van der Waals surface area contributed by atoms with E-state index in [-0.39, 0.29) is 12.5 Å². The second-order valence-electron chi connectivity index (χ2n) is 4.70. The first-order chi connectivity index (χ1) is 10.8. The molecule has 0 heterocycles. The lowest BCUT2D eigenvalue weighted by Gasteiger charge is -2.10. The quantitative estimate of drug-likeness (QED) is 0.354. The molecule has 1 amide bonds. The summed E-state index contributed by atoms with van der Waals surface area (Å²) in [5.41, 5.74) is 1.21. The van der Waals surface area contributed by atoms with Crippen LogP contribution in [0.2, 0.25) is 0 Å². The zero-order chi connectivity index (χ0) is 16.0. The molecule has 3 N–H and O–H groups in total. The molecule has 0 unspecified atom stereocenters. The number of aliphatic imine (C=N–C) groups is 1. The number of methoxy groups -OCH3 is 1. The van der Waals surface area contributed by atoms with E-state index in [1.807, 2.05) is 37.3 Å². The molecule has 0 radical (unpaired) electrons. The summed E-state index contributed by atoms with van der Waals surface area (Å²) in [5, 5.41) is 9.04. The van der Waals surface area contributed by atoms with Crippen LogP contribution in [0.25, 0.3) is 0 Å². The van der Waals surface area contributed by atoms with E-state index in [1.54, 1.807) is 7.11 Å². The van der Waals surface area contributed by atoms with Crippen molar-refractivity contribution in [2.75, 3.05) is 39.9 Å². The highest BCUT2D eigenvalue weighted by atomic mass is 16.5. The van der Waals surface area contributed by atoms with E-state index in [9.17, 15) is 4.79 Å². The number of hydrogen-bond acceptors (Lipinski definition) is 3. The molecule has 0 aliphatic carbocycles. The van der Waals surface area contributed by atoms with Gasteiger partial charge in [-0.05, 0) is 18.9 Å². The summed E-state index contributed by atoms with van der Waals surface area (Å²) >= 11 is 0. The van der Waals surface area contributed by atoms with Gasteiger partial charge in [0.25, 0.3) is 0 Å². The van der Waals surface area contributed by atoms with Gasteiger partial charge < -0.3 is 20.7 Å². The molecule has 0 saturated carbocycles. The Morgan fingerprint density at radius 3 is 2.59 bits per heavy atom. The molecule has 1 rings (SSSR count). The molecular formula is C16H26N4O2. The monoisotopic (exact) mass is 306 g/mol. The Morgan fingerprint density at radius 2 is 1.91 bits per heavy atom. The van der Waals surface area contributed by atoms with Crippen molar-refractivity contribution in [3.05, 3.63) is 35.9 Å². The number of nitrogens with zero attached hydrogens (tertiary/aromatic N) is 1. The van der Waals surface area contributed by atoms with Gasteiger partial charge in [-0.25, -0.2) is 4.99 Å². The van der Waals surface area contributed by atoms with Gasteiger partial charge in [0.05, 0.1) is 6.61 Å². The second-order valence-corrected chi connectivity index (χ2v) is 4.70. The van der Waals surface area contributed by atoms with Crippen LogP contribution in [0.1, 0.15) is 12.5 Å². The third-order valence-electron chi connectivity index (χ3n) is 2.90. The van der Waals surface area contributed by atoms with Crippen molar-refractivity contribution in [3.8, 4) is 0 Å². The zero-order valence-electron chi connectivity index (χ0n) is 13.4. The van der Waals surface area contributed by atoms with Gasteiger partial charge in [0.15, 0.2) is 5.96 Å². The standard InChI is InChI=1S/C16H26N4O2/c1-3-17-16(19-11-12-22-2)20-13-15(21)18-10-9-14-7-5-4-6-8-14/h4-8H,3,9-13H2,1-2H3,(H,18,21)(H2,17,19,20). The van der Waals surface area contributed by atoms with E-state index in [1.165, 1.54) is 5.56 Å². The highest BCUT2D eigenvalue weighted by Gasteiger charge is 2.02. The van der Waals surface area contributed by atoms with Crippen molar-refractivity contribution in [2.24, 2.45) is 4.99 Å². The minimum absolute atomic E-state index is 0.0834. The molecule has 0 saturated heterocycles. The first-order valence-corrected chi connectivity index (χ1v) is 7.58. The lowest BCUT2D eigenvalue weighted by Crippen LogP contribution is -2.40. The third kappa shape index (κ3) is 8.26. The van der Waals surface area contributed by atoms with E-state index in [0.29, 0.717) is 25.7 Å². The van der Waals surface area contributed by atoms with Gasteiger partial charge in [-0.1, -0.05) is 30.3 Å². The summed E-state index contributed by atoms with van der Waals surface area (Å²) in [4.78, 5) is 16.0. The summed E-state index contributed by atoms with van der Waals surface area (Å²) in [5.74, 6) is 0.539. The van der Waals surface area contributed by atoms with Crippen LogP contribution in [0.3, 0.4) is 0 Å². The maximum atomic E-state index is 11.8.